The Labute approximate surface area is 141 Å². The number of hydrogen-bond acceptors (Lipinski definition) is 3. The van der Waals surface area contributed by atoms with Crippen molar-refractivity contribution in [1.82, 2.24) is 0 Å². The van der Waals surface area contributed by atoms with E-state index in [2.05, 4.69) is 0 Å². The zero-order valence-electron chi connectivity index (χ0n) is 14.9. The molecule has 1 aliphatic heterocycles. The molecule has 0 amide bonds. The van der Waals surface area contributed by atoms with E-state index in [-0.39, 0.29) is 0 Å². The first-order valence-electron chi connectivity index (χ1n) is 9.60. The van der Waals surface area contributed by atoms with Crippen LogP contribution in [0.4, 0.5) is 0 Å². The van der Waals surface area contributed by atoms with Crippen LogP contribution in [0.2, 0.25) is 0 Å². The van der Waals surface area contributed by atoms with E-state index in [0.29, 0.717) is 18.6 Å². The van der Waals surface area contributed by atoms with E-state index in [1.807, 2.05) is 0 Å². The van der Waals surface area contributed by atoms with Crippen molar-refractivity contribution in [1.29, 1.82) is 0 Å². The lowest BCUT2D eigenvalue weighted by atomic mass is 10.0. The van der Waals surface area contributed by atoms with E-state index < -0.39 is 5.97 Å². The van der Waals surface area contributed by atoms with Gasteiger partial charge in [0.15, 0.2) is 0 Å². The summed E-state index contributed by atoms with van der Waals surface area (Å²) in [5.74, 6) is -0.672. The number of carboxylic acids is 1. The average Bonchev–Trinajstić information content (AvgIpc) is 3.27. The molecule has 1 saturated heterocycles. The molecule has 0 aromatic heterocycles. The number of carboxylic acid groups (broad SMARTS) is 1. The summed E-state index contributed by atoms with van der Waals surface area (Å²) in [5, 5.41) is 8.56. The molecule has 0 saturated carbocycles. The SMILES string of the molecule is COCCCCCCCCC1OC1CCCCCCCC(=O)O. The third-order valence-corrected chi connectivity index (χ3v) is 4.65. The molecule has 1 aliphatic rings. The Morgan fingerprint density at radius 3 is 1.83 bits per heavy atom. The van der Waals surface area contributed by atoms with Crippen molar-refractivity contribution in [3.05, 3.63) is 0 Å². The van der Waals surface area contributed by atoms with Gasteiger partial charge < -0.3 is 14.6 Å². The van der Waals surface area contributed by atoms with Crippen LogP contribution in [0.3, 0.4) is 0 Å². The summed E-state index contributed by atoms with van der Waals surface area (Å²) in [6.45, 7) is 0.900. The molecule has 2 unspecified atom stereocenters. The standard InChI is InChI=1S/C19H36O4/c1-22-16-12-8-3-2-5-9-13-17-18(23-17)14-10-6-4-7-11-15-19(20)21/h17-18H,2-16H2,1H3,(H,20,21). The fourth-order valence-corrected chi connectivity index (χ4v) is 3.14. The van der Waals surface area contributed by atoms with Gasteiger partial charge in [0.1, 0.15) is 0 Å². The summed E-state index contributed by atoms with van der Waals surface area (Å²) < 4.78 is 10.8. The average molecular weight is 328 g/mol. The Morgan fingerprint density at radius 1 is 0.826 bits per heavy atom. The van der Waals surface area contributed by atoms with Gasteiger partial charge in [-0.2, -0.15) is 0 Å². The van der Waals surface area contributed by atoms with Gasteiger partial charge in [0.05, 0.1) is 12.2 Å². The van der Waals surface area contributed by atoms with Gasteiger partial charge in [-0.25, -0.2) is 0 Å². The van der Waals surface area contributed by atoms with Gasteiger partial charge in [-0.3, -0.25) is 4.79 Å². The van der Waals surface area contributed by atoms with E-state index in [0.717, 1.165) is 25.9 Å². The number of rotatable bonds is 17. The Bertz CT molecular complexity index is 293. The molecule has 0 aromatic rings. The van der Waals surface area contributed by atoms with Crippen LogP contribution < -0.4 is 0 Å². The van der Waals surface area contributed by atoms with Crippen LogP contribution in [0, 0.1) is 0 Å². The van der Waals surface area contributed by atoms with Gasteiger partial charge in [0, 0.05) is 20.1 Å². The number of ether oxygens (including phenoxy) is 2. The van der Waals surface area contributed by atoms with Crippen LogP contribution in [-0.2, 0) is 14.3 Å². The van der Waals surface area contributed by atoms with Crippen LogP contribution in [0.25, 0.3) is 0 Å². The van der Waals surface area contributed by atoms with Crippen molar-refractivity contribution in [3.63, 3.8) is 0 Å². The van der Waals surface area contributed by atoms with Crippen LogP contribution in [0.15, 0.2) is 0 Å². The first kappa shape index (κ1) is 20.4. The number of aliphatic carboxylic acids is 1. The van der Waals surface area contributed by atoms with E-state index in [1.54, 1.807) is 7.11 Å². The molecule has 4 nitrogen and oxygen atoms in total. The van der Waals surface area contributed by atoms with Crippen LogP contribution in [-0.4, -0.2) is 37.0 Å². The zero-order chi connectivity index (χ0) is 16.8. The molecule has 0 aliphatic carbocycles. The lowest BCUT2D eigenvalue weighted by Gasteiger charge is -2.01. The number of carbonyl (C=O) groups is 1. The molecule has 4 heteroatoms. The summed E-state index contributed by atoms with van der Waals surface area (Å²) in [6, 6.07) is 0. The van der Waals surface area contributed by atoms with Crippen LogP contribution in [0.5, 0.6) is 0 Å². The van der Waals surface area contributed by atoms with E-state index in [1.165, 1.54) is 64.2 Å². The summed E-state index contributed by atoms with van der Waals surface area (Å²) in [6.07, 6.45) is 17.1. The Hall–Kier alpha value is -0.610. The van der Waals surface area contributed by atoms with Crippen molar-refractivity contribution >= 4 is 5.97 Å². The van der Waals surface area contributed by atoms with Gasteiger partial charge in [-0.1, -0.05) is 57.8 Å². The van der Waals surface area contributed by atoms with Crippen molar-refractivity contribution in [2.45, 2.75) is 102 Å². The minimum atomic E-state index is -0.672. The molecule has 23 heavy (non-hydrogen) atoms. The molecule has 1 fully saturated rings. The molecule has 2 atom stereocenters. The molecule has 1 heterocycles. The first-order valence-corrected chi connectivity index (χ1v) is 9.60. The maximum atomic E-state index is 10.4. The lowest BCUT2D eigenvalue weighted by Crippen LogP contribution is -1.95. The highest BCUT2D eigenvalue weighted by molar-refractivity contribution is 5.66. The van der Waals surface area contributed by atoms with Gasteiger partial charge in [0.2, 0.25) is 0 Å². The lowest BCUT2D eigenvalue weighted by molar-refractivity contribution is -0.137. The molecule has 136 valence electrons. The summed E-state index contributed by atoms with van der Waals surface area (Å²) >= 11 is 0. The van der Waals surface area contributed by atoms with E-state index >= 15 is 0 Å². The van der Waals surface area contributed by atoms with Gasteiger partial charge in [0.25, 0.3) is 0 Å². The molecule has 0 aromatic carbocycles. The predicted molar refractivity (Wildman–Crippen MR) is 92.8 cm³/mol. The fraction of sp³-hybridized carbons (Fsp3) is 0.947. The Kier molecular flexibility index (Phi) is 12.3. The Morgan fingerprint density at radius 2 is 1.30 bits per heavy atom. The van der Waals surface area contributed by atoms with Crippen LogP contribution in [0.1, 0.15) is 89.9 Å². The number of methoxy groups -OCH3 is 1. The van der Waals surface area contributed by atoms with Crippen molar-refractivity contribution in [2.24, 2.45) is 0 Å². The highest BCUT2D eigenvalue weighted by atomic mass is 16.6. The minimum absolute atomic E-state index is 0.320. The zero-order valence-corrected chi connectivity index (χ0v) is 14.9. The molecule has 0 bridgehead atoms. The molecular formula is C19H36O4. The summed E-state index contributed by atoms with van der Waals surface area (Å²) in [5.41, 5.74) is 0. The smallest absolute Gasteiger partial charge is 0.303 e. The van der Waals surface area contributed by atoms with Gasteiger partial charge in [-0.15, -0.1) is 0 Å². The van der Waals surface area contributed by atoms with E-state index in [4.69, 9.17) is 14.6 Å². The summed E-state index contributed by atoms with van der Waals surface area (Å²) in [4.78, 5) is 10.4. The quantitative estimate of drug-likeness (QED) is 0.303. The second-order valence-corrected chi connectivity index (χ2v) is 6.82. The molecule has 0 spiro atoms. The Balaban J connectivity index is 1.75. The monoisotopic (exact) mass is 328 g/mol. The minimum Gasteiger partial charge on any atom is -0.481 e. The highest BCUT2D eigenvalue weighted by Gasteiger charge is 2.36. The highest BCUT2D eigenvalue weighted by Crippen LogP contribution is 2.31. The third-order valence-electron chi connectivity index (χ3n) is 4.65. The second kappa shape index (κ2) is 13.8. The van der Waals surface area contributed by atoms with Crippen molar-refractivity contribution in [3.8, 4) is 0 Å². The number of hydrogen-bond donors (Lipinski definition) is 1. The molecule has 1 rings (SSSR count). The van der Waals surface area contributed by atoms with Gasteiger partial charge in [-0.05, 0) is 25.7 Å². The third kappa shape index (κ3) is 12.5. The van der Waals surface area contributed by atoms with Crippen molar-refractivity contribution in [2.75, 3.05) is 13.7 Å². The number of unbranched alkanes of at least 4 members (excludes halogenated alkanes) is 9. The first-order chi connectivity index (χ1) is 11.2. The predicted octanol–water partition coefficient (Wildman–Crippen LogP) is 4.95. The maximum Gasteiger partial charge on any atom is 0.303 e. The maximum absolute atomic E-state index is 10.4. The largest absolute Gasteiger partial charge is 0.481 e. The van der Waals surface area contributed by atoms with Gasteiger partial charge >= 0.3 is 5.97 Å². The molecule has 1 N–H and O–H groups in total. The summed E-state index contributed by atoms with van der Waals surface area (Å²) in [7, 11) is 1.77. The fourth-order valence-electron chi connectivity index (χ4n) is 3.14. The van der Waals surface area contributed by atoms with Crippen molar-refractivity contribution < 1.29 is 19.4 Å². The van der Waals surface area contributed by atoms with E-state index in [9.17, 15) is 4.79 Å². The molecule has 0 radical (unpaired) electrons. The van der Waals surface area contributed by atoms with Crippen LogP contribution >= 0.6 is 0 Å². The second-order valence-electron chi connectivity index (χ2n) is 6.82. The normalized spacial score (nSPS) is 19.9. The number of epoxide rings is 1. The topological polar surface area (TPSA) is 59.1 Å². The molecular weight excluding hydrogens is 292 g/mol.